The van der Waals surface area contributed by atoms with Crippen LogP contribution in [0, 0.1) is 5.41 Å². The van der Waals surface area contributed by atoms with Crippen molar-refractivity contribution in [2.75, 3.05) is 33.9 Å². The van der Waals surface area contributed by atoms with Crippen LogP contribution in [0.1, 0.15) is 50.9 Å². The van der Waals surface area contributed by atoms with Gasteiger partial charge in [0.25, 0.3) is 5.91 Å². The summed E-state index contributed by atoms with van der Waals surface area (Å²) in [6.07, 6.45) is 2.90. The molecule has 1 aliphatic rings. The van der Waals surface area contributed by atoms with Crippen LogP contribution in [-0.2, 0) is 21.4 Å². The summed E-state index contributed by atoms with van der Waals surface area (Å²) in [6, 6.07) is 11.4. The van der Waals surface area contributed by atoms with E-state index in [1.165, 1.54) is 5.01 Å². The van der Waals surface area contributed by atoms with Crippen LogP contribution in [-0.4, -0.2) is 65.9 Å². The number of aromatic nitrogens is 1. The van der Waals surface area contributed by atoms with Crippen molar-refractivity contribution in [3.05, 3.63) is 53.9 Å². The van der Waals surface area contributed by atoms with Gasteiger partial charge in [-0.15, -0.1) is 0 Å². The molecule has 2 amide bonds. The third kappa shape index (κ3) is 6.26. The fourth-order valence-electron chi connectivity index (χ4n) is 4.04. The highest BCUT2D eigenvalue weighted by molar-refractivity contribution is 6.02. The monoisotopic (exact) mass is 468 g/mol. The molecule has 0 saturated carbocycles. The van der Waals surface area contributed by atoms with E-state index in [-0.39, 0.29) is 29.8 Å². The van der Waals surface area contributed by atoms with E-state index in [4.69, 9.17) is 14.6 Å². The van der Waals surface area contributed by atoms with Gasteiger partial charge < -0.3 is 18.9 Å². The number of ether oxygens (including phenoxy) is 2. The van der Waals surface area contributed by atoms with Crippen LogP contribution in [0.15, 0.2) is 47.7 Å². The lowest BCUT2D eigenvalue weighted by molar-refractivity contribution is -0.143. The minimum atomic E-state index is -0.259. The van der Waals surface area contributed by atoms with Crippen molar-refractivity contribution in [1.29, 1.82) is 0 Å². The Balaban J connectivity index is 1.88. The predicted octanol–water partition coefficient (Wildman–Crippen LogP) is 3.62. The Hall–Kier alpha value is -3.13. The van der Waals surface area contributed by atoms with Crippen LogP contribution in [0.3, 0.4) is 0 Å². The molecule has 0 N–H and O–H groups in total. The van der Waals surface area contributed by atoms with Gasteiger partial charge in [0.2, 0.25) is 5.91 Å². The first kappa shape index (κ1) is 25.5. The van der Waals surface area contributed by atoms with E-state index in [1.54, 1.807) is 19.1 Å². The number of carbonyl (C=O) groups excluding carboxylic acids is 2. The zero-order valence-electron chi connectivity index (χ0n) is 21.1. The molecule has 0 radical (unpaired) electrons. The molecule has 34 heavy (non-hydrogen) atoms. The van der Waals surface area contributed by atoms with Gasteiger partial charge in [0.15, 0.2) is 0 Å². The summed E-state index contributed by atoms with van der Waals surface area (Å²) >= 11 is 0. The number of benzene rings is 1. The van der Waals surface area contributed by atoms with E-state index in [9.17, 15) is 9.59 Å². The standard InChI is InChI=1S/C26H36N4O4/c1-26(2,3)17-24(31)29(14-15-33-5)18-25(32)30-23(19-9-11-20(34-6)12-10-19)16-21(27-30)22-8-7-13-28(22)4/h7-13,23H,14-18H2,1-6H3. The number of carbonyl (C=O) groups is 2. The van der Waals surface area contributed by atoms with Crippen LogP contribution < -0.4 is 4.74 Å². The highest BCUT2D eigenvalue weighted by Crippen LogP contribution is 2.34. The SMILES string of the molecule is COCCN(CC(=O)N1N=C(c2cccn2C)CC1c1ccc(OC)cc1)C(=O)CC(C)(C)C. The average Bonchev–Trinajstić information content (AvgIpc) is 3.41. The Morgan fingerprint density at radius 1 is 1.15 bits per heavy atom. The summed E-state index contributed by atoms with van der Waals surface area (Å²) in [7, 11) is 5.17. The number of hydrogen-bond acceptors (Lipinski definition) is 5. The molecule has 8 heteroatoms. The summed E-state index contributed by atoms with van der Waals surface area (Å²) < 4.78 is 12.5. The van der Waals surface area contributed by atoms with Crippen molar-refractivity contribution < 1.29 is 19.1 Å². The van der Waals surface area contributed by atoms with Crippen molar-refractivity contribution >= 4 is 17.5 Å². The molecule has 1 aliphatic heterocycles. The van der Waals surface area contributed by atoms with E-state index < -0.39 is 0 Å². The molecule has 8 nitrogen and oxygen atoms in total. The Bertz CT molecular complexity index is 1020. The molecule has 0 saturated heterocycles. The molecule has 1 atom stereocenters. The van der Waals surface area contributed by atoms with Gasteiger partial charge in [-0.2, -0.15) is 5.10 Å². The molecular weight excluding hydrogens is 432 g/mol. The molecule has 3 rings (SSSR count). The Kier molecular flexibility index (Phi) is 8.15. The number of methoxy groups -OCH3 is 2. The average molecular weight is 469 g/mol. The third-order valence-electron chi connectivity index (χ3n) is 5.83. The Morgan fingerprint density at radius 2 is 1.85 bits per heavy atom. The van der Waals surface area contributed by atoms with Crippen molar-refractivity contribution in [3.8, 4) is 5.75 Å². The largest absolute Gasteiger partial charge is 0.497 e. The van der Waals surface area contributed by atoms with E-state index in [2.05, 4.69) is 0 Å². The van der Waals surface area contributed by atoms with Crippen molar-refractivity contribution in [3.63, 3.8) is 0 Å². The van der Waals surface area contributed by atoms with Crippen molar-refractivity contribution in [1.82, 2.24) is 14.5 Å². The number of hydrogen-bond donors (Lipinski definition) is 0. The van der Waals surface area contributed by atoms with Crippen LogP contribution >= 0.6 is 0 Å². The van der Waals surface area contributed by atoms with Crippen LogP contribution in [0.4, 0.5) is 0 Å². The van der Waals surface area contributed by atoms with Gasteiger partial charge in [0, 0.05) is 39.7 Å². The topological polar surface area (TPSA) is 76.4 Å². The summed E-state index contributed by atoms with van der Waals surface area (Å²) in [5, 5.41) is 6.27. The van der Waals surface area contributed by atoms with Gasteiger partial charge in [0.05, 0.1) is 31.2 Å². The first-order valence-corrected chi connectivity index (χ1v) is 11.5. The zero-order chi connectivity index (χ0) is 24.9. The second-order valence-corrected chi connectivity index (χ2v) is 9.83. The lowest BCUT2D eigenvalue weighted by atomic mass is 9.91. The number of amides is 2. The molecule has 0 aliphatic carbocycles. The Morgan fingerprint density at radius 3 is 2.41 bits per heavy atom. The molecule has 1 aromatic carbocycles. The van der Waals surface area contributed by atoms with Gasteiger partial charge in [-0.25, -0.2) is 5.01 Å². The third-order valence-corrected chi connectivity index (χ3v) is 5.83. The molecule has 2 heterocycles. The maximum absolute atomic E-state index is 13.5. The molecule has 0 bridgehead atoms. The van der Waals surface area contributed by atoms with E-state index in [1.807, 2.05) is 75.0 Å². The van der Waals surface area contributed by atoms with Gasteiger partial charge in [-0.3, -0.25) is 9.59 Å². The minimum Gasteiger partial charge on any atom is -0.497 e. The molecule has 184 valence electrons. The highest BCUT2D eigenvalue weighted by Gasteiger charge is 2.35. The maximum Gasteiger partial charge on any atom is 0.262 e. The molecule has 1 unspecified atom stereocenters. The number of aryl methyl sites for hydroxylation is 1. The van der Waals surface area contributed by atoms with E-state index >= 15 is 0 Å². The zero-order valence-corrected chi connectivity index (χ0v) is 21.1. The number of rotatable bonds is 9. The predicted molar refractivity (Wildman–Crippen MR) is 132 cm³/mol. The van der Waals surface area contributed by atoms with Crippen molar-refractivity contribution in [2.24, 2.45) is 17.6 Å². The smallest absolute Gasteiger partial charge is 0.262 e. The lowest BCUT2D eigenvalue weighted by Crippen LogP contribution is -2.43. The summed E-state index contributed by atoms with van der Waals surface area (Å²) in [5.41, 5.74) is 2.59. The first-order chi connectivity index (χ1) is 16.1. The fraction of sp³-hybridized carbons (Fsp3) is 0.500. The van der Waals surface area contributed by atoms with Crippen LogP contribution in [0.25, 0.3) is 0 Å². The molecule has 0 spiro atoms. The normalized spacial score (nSPS) is 15.9. The molecule has 0 fully saturated rings. The highest BCUT2D eigenvalue weighted by atomic mass is 16.5. The molecule has 1 aromatic heterocycles. The number of nitrogens with zero attached hydrogens (tertiary/aromatic N) is 4. The summed E-state index contributed by atoms with van der Waals surface area (Å²) in [6.45, 7) is 6.71. The number of hydrazone groups is 1. The van der Waals surface area contributed by atoms with Gasteiger partial charge in [-0.05, 0) is 35.2 Å². The second kappa shape index (κ2) is 10.9. The summed E-state index contributed by atoms with van der Waals surface area (Å²) in [4.78, 5) is 28.1. The Labute approximate surface area is 202 Å². The van der Waals surface area contributed by atoms with Gasteiger partial charge >= 0.3 is 0 Å². The van der Waals surface area contributed by atoms with Gasteiger partial charge in [-0.1, -0.05) is 32.9 Å². The van der Waals surface area contributed by atoms with Crippen LogP contribution in [0.5, 0.6) is 5.75 Å². The maximum atomic E-state index is 13.5. The molecule has 2 aromatic rings. The quantitative estimate of drug-likeness (QED) is 0.563. The first-order valence-electron chi connectivity index (χ1n) is 11.5. The lowest BCUT2D eigenvalue weighted by Gasteiger charge is -2.29. The fourth-order valence-corrected chi connectivity index (χ4v) is 4.04. The minimum absolute atomic E-state index is 0.0468. The van der Waals surface area contributed by atoms with E-state index in [0.717, 1.165) is 22.7 Å². The van der Waals surface area contributed by atoms with E-state index in [0.29, 0.717) is 26.0 Å². The van der Waals surface area contributed by atoms with Gasteiger partial charge in [0.1, 0.15) is 12.3 Å². The molecular formula is C26H36N4O4. The second-order valence-electron chi connectivity index (χ2n) is 9.83. The summed E-state index contributed by atoms with van der Waals surface area (Å²) in [5.74, 6) is 0.467. The van der Waals surface area contributed by atoms with Crippen LogP contribution in [0.2, 0.25) is 0 Å². The van der Waals surface area contributed by atoms with Crippen molar-refractivity contribution in [2.45, 2.75) is 39.7 Å².